The predicted molar refractivity (Wildman–Crippen MR) is 97.1 cm³/mol. The third-order valence-corrected chi connectivity index (χ3v) is 4.75. The van der Waals surface area contributed by atoms with Gasteiger partial charge in [-0.2, -0.15) is 0 Å². The Balaban J connectivity index is 2.20. The number of hydrogen-bond acceptors (Lipinski definition) is 6. The summed E-state index contributed by atoms with van der Waals surface area (Å²) in [5.74, 6) is -0.313. The molecule has 0 atom stereocenters. The number of nitro groups is 1. The molecule has 138 valence electrons. The Kier molecular flexibility index (Phi) is 5.78. The van der Waals surface area contributed by atoms with Crippen LogP contribution in [0, 0.1) is 10.1 Å². The van der Waals surface area contributed by atoms with E-state index in [9.17, 15) is 23.3 Å². The number of benzene rings is 2. The average molecular weight is 379 g/mol. The van der Waals surface area contributed by atoms with Gasteiger partial charge in [-0.3, -0.25) is 19.6 Å². The molecular formula is C16H17N3O6S. The minimum Gasteiger partial charge on any atom is -0.495 e. The van der Waals surface area contributed by atoms with Gasteiger partial charge in [0.1, 0.15) is 5.75 Å². The van der Waals surface area contributed by atoms with E-state index in [0.717, 1.165) is 0 Å². The van der Waals surface area contributed by atoms with Crippen molar-refractivity contribution in [1.29, 1.82) is 0 Å². The molecule has 0 aliphatic heterocycles. The number of methoxy groups -OCH3 is 1. The van der Waals surface area contributed by atoms with Crippen molar-refractivity contribution in [3.05, 3.63) is 58.1 Å². The topological polar surface area (TPSA) is 128 Å². The largest absolute Gasteiger partial charge is 0.495 e. The molecule has 0 aliphatic carbocycles. The molecule has 0 fully saturated rings. The lowest BCUT2D eigenvalue weighted by Gasteiger charge is -2.11. The number of nitro benzene ring substituents is 1. The van der Waals surface area contributed by atoms with E-state index in [1.165, 1.54) is 56.5 Å². The summed E-state index contributed by atoms with van der Waals surface area (Å²) in [6.45, 7) is 1.51. The van der Waals surface area contributed by atoms with E-state index in [0.29, 0.717) is 5.69 Å². The van der Waals surface area contributed by atoms with Gasteiger partial charge in [0.25, 0.3) is 11.6 Å². The highest BCUT2D eigenvalue weighted by Gasteiger charge is 2.15. The van der Waals surface area contributed by atoms with Crippen molar-refractivity contribution in [3.8, 4) is 5.75 Å². The van der Waals surface area contributed by atoms with Gasteiger partial charge in [-0.05, 0) is 37.3 Å². The molecule has 0 bridgehead atoms. The van der Waals surface area contributed by atoms with Crippen molar-refractivity contribution in [2.45, 2.75) is 6.92 Å². The standard InChI is InChI=1S/C16H17N3O6S/c1-3-26(23,24)18-12-6-4-11(5-7-12)16(20)17-14-10-13(19(21)22)8-9-15(14)25-2/h4-10,18H,3H2,1-2H3,(H,17,20). The summed E-state index contributed by atoms with van der Waals surface area (Å²) in [6.07, 6.45) is 0. The molecule has 2 aromatic rings. The number of nitrogens with zero attached hydrogens (tertiary/aromatic N) is 1. The quantitative estimate of drug-likeness (QED) is 0.562. The van der Waals surface area contributed by atoms with Gasteiger partial charge in [-0.15, -0.1) is 0 Å². The van der Waals surface area contributed by atoms with E-state index in [1.807, 2.05) is 0 Å². The Labute approximate surface area is 150 Å². The van der Waals surface area contributed by atoms with E-state index >= 15 is 0 Å². The van der Waals surface area contributed by atoms with Crippen molar-refractivity contribution >= 4 is 33.0 Å². The Bertz CT molecular complexity index is 926. The van der Waals surface area contributed by atoms with Crippen molar-refractivity contribution in [2.75, 3.05) is 22.9 Å². The summed E-state index contributed by atoms with van der Waals surface area (Å²) in [4.78, 5) is 22.6. The lowest BCUT2D eigenvalue weighted by Crippen LogP contribution is -2.15. The number of sulfonamides is 1. The van der Waals surface area contributed by atoms with E-state index in [2.05, 4.69) is 10.0 Å². The second-order valence-electron chi connectivity index (χ2n) is 5.18. The molecule has 0 heterocycles. The molecule has 10 heteroatoms. The first kappa shape index (κ1) is 19.2. The molecule has 1 amide bonds. The average Bonchev–Trinajstić information content (AvgIpc) is 2.61. The van der Waals surface area contributed by atoms with E-state index in [-0.39, 0.29) is 28.4 Å². The van der Waals surface area contributed by atoms with Gasteiger partial charge in [0, 0.05) is 23.4 Å². The van der Waals surface area contributed by atoms with E-state index in [4.69, 9.17) is 4.74 Å². The molecule has 2 rings (SSSR count). The molecule has 0 aliphatic rings. The molecule has 0 radical (unpaired) electrons. The van der Waals surface area contributed by atoms with Gasteiger partial charge in [0.15, 0.2) is 0 Å². The lowest BCUT2D eigenvalue weighted by molar-refractivity contribution is -0.384. The van der Waals surface area contributed by atoms with Crippen LogP contribution >= 0.6 is 0 Å². The maximum atomic E-state index is 12.3. The number of amides is 1. The summed E-state index contributed by atoms with van der Waals surface area (Å²) in [5, 5.41) is 13.4. The smallest absolute Gasteiger partial charge is 0.271 e. The third-order valence-electron chi connectivity index (χ3n) is 3.44. The van der Waals surface area contributed by atoms with Gasteiger partial charge < -0.3 is 10.1 Å². The molecule has 9 nitrogen and oxygen atoms in total. The molecule has 0 aromatic heterocycles. The van der Waals surface area contributed by atoms with E-state index in [1.54, 1.807) is 0 Å². The molecule has 2 aromatic carbocycles. The molecule has 0 saturated carbocycles. The highest BCUT2D eigenvalue weighted by atomic mass is 32.2. The highest BCUT2D eigenvalue weighted by molar-refractivity contribution is 7.92. The van der Waals surface area contributed by atoms with Gasteiger partial charge >= 0.3 is 0 Å². The number of rotatable bonds is 7. The Morgan fingerprint density at radius 2 is 1.85 bits per heavy atom. The zero-order chi connectivity index (χ0) is 19.3. The summed E-state index contributed by atoms with van der Waals surface area (Å²) in [7, 11) is -2.03. The van der Waals surface area contributed by atoms with Crippen LogP contribution in [0.4, 0.5) is 17.1 Å². The highest BCUT2D eigenvalue weighted by Crippen LogP contribution is 2.29. The molecule has 0 unspecified atom stereocenters. The first-order valence-electron chi connectivity index (χ1n) is 7.50. The monoisotopic (exact) mass is 379 g/mol. The maximum absolute atomic E-state index is 12.3. The Morgan fingerprint density at radius 1 is 1.19 bits per heavy atom. The summed E-state index contributed by atoms with van der Waals surface area (Å²) < 4.78 is 30.5. The third kappa shape index (κ3) is 4.70. The fraction of sp³-hybridized carbons (Fsp3) is 0.188. The zero-order valence-corrected chi connectivity index (χ0v) is 14.9. The first-order chi connectivity index (χ1) is 12.3. The van der Waals surface area contributed by atoms with Crippen molar-refractivity contribution in [3.63, 3.8) is 0 Å². The number of ether oxygens (including phenoxy) is 1. The van der Waals surface area contributed by atoms with Crippen LogP contribution in [0.1, 0.15) is 17.3 Å². The van der Waals surface area contributed by atoms with Crippen LogP contribution in [-0.4, -0.2) is 32.1 Å². The zero-order valence-electron chi connectivity index (χ0n) is 14.1. The molecule has 0 spiro atoms. The number of anilines is 2. The van der Waals surface area contributed by atoms with Gasteiger partial charge in [-0.1, -0.05) is 0 Å². The van der Waals surface area contributed by atoms with Crippen LogP contribution in [0.25, 0.3) is 0 Å². The maximum Gasteiger partial charge on any atom is 0.271 e. The molecule has 2 N–H and O–H groups in total. The second kappa shape index (κ2) is 7.83. The minimum absolute atomic E-state index is 0.0676. The van der Waals surface area contributed by atoms with Crippen LogP contribution in [0.15, 0.2) is 42.5 Å². The van der Waals surface area contributed by atoms with Crippen LogP contribution < -0.4 is 14.8 Å². The van der Waals surface area contributed by atoms with Crippen LogP contribution in [-0.2, 0) is 10.0 Å². The van der Waals surface area contributed by atoms with Crippen molar-refractivity contribution in [1.82, 2.24) is 0 Å². The SMILES string of the molecule is CCS(=O)(=O)Nc1ccc(C(=O)Nc2cc([N+](=O)[O-])ccc2OC)cc1. The summed E-state index contributed by atoms with van der Waals surface area (Å²) >= 11 is 0. The number of hydrogen-bond donors (Lipinski definition) is 2. The molecular weight excluding hydrogens is 362 g/mol. The number of carbonyl (C=O) groups is 1. The van der Waals surface area contributed by atoms with Gasteiger partial charge in [0.05, 0.1) is 23.5 Å². The molecule has 26 heavy (non-hydrogen) atoms. The molecule has 0 saturated heterocycles. The Hall–Kier alpha value is -3.14. The number of carbonyl (C=O) groups excluding carboxylic acids is 1. The van der Waals surface area contributed by atoms with Crippen molar-refractivity contribution in [2.24, 2.45) is 0 Å². The van der Waals surface area contributed by atoms with Crippen molar-refractivity contribution < 1.29 is 22.9 Å². The number of nitrogens with one attached hydrogen (secondary N) is 2. The summed E-state index contributed by atoms with van der Waals surface area (Å²) in [5.41, 5.74) is 0.544. The fourth-order valence-corrected chi connectivity index (χ4v) is 2.68. The van der Waals surface area contributed by atoms with Crippen LogP contribution in [0.2, 0.25) is 0 Å². The van der Waals surface area contributed by atoms with Gasteiger partial charge in [-0.25, -0.2) is 8.42 Å². The van der Waals surface area contributed by atoms with E-state index < -0.39 is 20.9 Å². The first-order valence-corrected chi connectivity index (χ1v) is 9.15. The van der Waals surface area contributed by atoms with Crippen LogP contribution in [0.5, 0.6) is 5.75 Å². The number of non-ortho nitro benzene ring substituents is 1. The minimum atomic E-state index is -3.41. The van der Waals surface area contributed by atoms with Crippen LogP contribution in [0.3, 0.4) is 0 Å². The normalized spacial score (nSPS) is 10.8. The summed E-state index contributed by atoms with van der Waals surface area (Å²) in [6, 6.07) is 9.62. The predicted octanol–water partition coefficient (Wildman–Crippen LogP) is 2.62. The lowest BCUT2D eigenvalue weighted by atomic mass is 10.2. The Morgan fingerprint density at radius 3 is 2.38 bits per heavy atom. The fourth-order valence-electron chi connectivity index (χ4n) is 2.04. The van der Waals surface area contributed by atoms with Gasteiger partial charge in [0.2, 0.25) is 10.0 Å². The second-order valence-corrected chi connectivity index (χ2v) is 7.19.